The largest absolute Gasteiger partial charge is 0.307 e. The van der Waals surface area contributed by atoms with Gasteiger partial charge in [0.2, 0.25) is 0 Å². The van der Waals surface area contributed by atoms with Crippen molar-refractivity contribution in [3.05, 3.63) is 89.1 Å². The van der Waals surface area contributed by atoms with Crippen LogP contribution >= 0.6 is 0 Å². The standard InChI is InChI=1S/C24H21N3O/c1-15-11-12-18(16(2)13-15)22-14-20(19-8-4-5-9-21(19)26-22)24(28)27-23-10-6-7-17(3)25-23/h4-14H,1-3H3,(H,25,27,28). The van der Waals surface area contributed by atoms with E-state index in [0.29, 0.717) is 11.4 Å². The number of aromatic nitrogens is 2. The molecule has 4 heteroatoms. The second kappa shape index (κ2) is 7.24. The molecule has 1 amide bonds. The quantitative estimate of drug-likeness (QED) is 0.522. The number of amides is 1. The lowest BCUT2D eigenvalue weighted by atomic mass is 9.99. The number of carbonyl (C=O) groups is 1. The van der Waals surface area contributed by atoms with E-state index in [1.165, 1.54) is 5.56 Å². The van der Waals surface area contributed by atoms with Gasteiger partial charge in [0.1, 0.15) is 5.82 Å². The lowest BCUT2D eigenvalue weighted by molar-refractivity contribution is 0.102. The molecule has 0 atom stereocenters. The highest BCUT2D eigenvalue weighted by atomic mass is 16.1. The fourth-order valence-corrected chi connectivity index (χ4v) is 3.40. The minimum Gasteiger partial charge on any atom is -0.307 e. The van der Waals surface area contributed by atoms with Crippen molar-refractivity contribution in [3.63, 3.8) is 0 Å². The van der Waals surface area contributed by atoms with Crippen LogP contribution in [0.5, 0.6) is 0 Å². The van der Waals surface area contributed by atoms with Gasteiger partial charge in [0.25, 0.3) is 5.91 Å². The van der Waals surface area contributed by atoms with Gasteiger partial charge in [0.05, 0.1) is 16.8 Å². The third kappa shape index (κ3) is 3.49. The molecule has 28 heavy (non-hydrogen) atoms. The van der Waals surface area contributed by atoms with Crippen LogP contribution in [0.3, 0.4) is 0 Å². The molecule has 0 aliphatic carbocycles. The molecule has 2 heterocycles. The molecular weight excluding hydrogens is 346 g/mol. The number of benzene rings is 2. The zero-order valence-electron chi connectivity index (χ0n) is 16.2. The molecule has 0 fully saturated rings. The lowest BCUT2D eigenvalue weighted by Gasteiger charge is -2.12. The lowest BCUT2D eigenvalue weighted by Crippen LogP contribution is -2.14. The smallest absolute Gasteiger partial charge is 0.257 e. The highest BCUT2D eigenvalue weighted by molar-refractivity contribution is 6.12. The van der Waals surface area contributed by atoms with Crippen LogP contribution in [0.4, 0.5) is 5.82 Å². The molecule has 4 aromatic rings. The van der Waals surface area contributed by atoms with Crippen molar-refractivity contribution in [1.29, 1.82) is 0 Å². The second-order valence-electron chi connectivity index (χ2n) is 7.01. The summed E-state index contributed by atoms with van der Waals surface area (Å²) in [7, 11) is 0. The summed E-state index contributed by atoms with van der Waals surface area (Å²) in [4.78, 5) is 22.3. The number of rotatable bonds is 3. The van der Waals surface area contributed by atoms with Gasteiger partial charge in [-0.2, -0.15) is 0 Å². The van der Waals surface area contributed by atoms with Crippen LogP contribution in [-0.2, 0) is 0 Å². The maximum atomic E-state index is 13.1. The summed E-state index contributed by atoms with van der Waals surface area (Å²) in [6, 6.07) is 21.4. The average Bonchev–Trinajstić information content (AvgIpc) is 2.67. The van der Waals surface area contributed by atoms with E-state index in [2.05, 4.69) is 42.3 Å². The van der Waals surface area contributed by atoms with Crippen LogP contribution in [0.25, 0.3) is 22.2 Å². The Morgan fingerprint density at radius 3 is 2.46 bits per heavy atom. The number of aryl methyl sites for hydroxylation is 3. The molecule has 0 unspecified atom stereocenters. The van der Waals surface area contributed by atoms with Crippen molar-refractivity contribution in [2.24, 2.45) is 0 Å². The normalized spacial score (nSPS) is 10.8. The van der Waals surface area contributed by atoms with Crippen LogP contribution in [0, 0.1) is 20.8 Å². The Morgan fingerprint density at radius 1 is 0.857 bits per heavy atom. The monoisotopic (exact) mass is 367 g/mol. The van der Waals surface area contributed by atoms with Gasteiger partial charge in [0.15, 0.2) is 0 Å². The van der Waals surface area contributed by atoms with Crippen molar-refractivity contribution in [2.75, 3.05) is 5.32 Å². The third-order valence-electron chi connectivity index (χ3n) is 4.75. The molecule has 0 bridgehead atoms. The van der Waals surface area contributed by atoms with Crippen LogP contribution in [-0.4, -0.2) is 15.9 Å². The molecule has 0 saturated heterocycles. The van der Waals surface area contributed by atoms with E-state index in [9.17, 15) is 4.79 Å². The van der Waals surface area contributed by atoms with Gasteiger partial charge in [-0.05, 0) is 50.6 Å². The summed E-state index contributed by atoms with van der Waals surface area (Å²) >= 11 is 0. The zero-order chi connectivity index (χ0) is 19.7. The highest BCUT2D eigenvalue weighted by Gasteiger charge is 2.15. The Morgan fingerprint density at radius 2 is 1.68 bits per heavy atom. The van der Waals surface area contributed by atoms with Gasteiger partial charge in [0, 0.05) is 16.6 Å². The molecule has 2 aromatic heterocycles. The van der Waals surface area contributed by atoms with E-state index in [1.807, 2.05) is 49.4 Å². The Hall–Kier alpha value is -3.53. The number of fused-ring (bicyclic) bond motifs is 1. The summed E-state index contributed by atoms with van der Waals surface area (Å²) in [6.45, 7) is 6.03. The summed E-state index contributed by atoms with van der Waals surface area (Å²) < 4.78 is 0. The molecular formula is C24H21N3O. The number of para-hydroxylation sites is 1. The number of anilines is 1. The number of nitrogens with zero attached hydrogens (tertiary/aromatic N) is 2. The number of pyridine rings is 2. The van der Waals surface area contributed by atoms with Gasteiger partial charge in [-0.15, -0.1) is 0 Å². The number of hydrogen-bond acceptors (Lipinski definition) is 3. The summed E-state index contributed by atoms with van der Waals surface area (Å²) in [6.07, 6.45) is 0. The molecule has 138 valence electrons. The van der Waals surface area contributed by atoms with Crippen LogP contribution in [0.15, 0.2) is 66.7 Å². The SMILES string of the molecule is Cc1ccc(-c2cc(C(=O)Nc3cccc(C)n3)c3ccccc3n2)c(C)c1. The second-order valence-corrected chi connectivity index (χ2v) is 7.01. The van der Waals surface area contributed by atoms with Crippen molar-refractivity contribution in [2.45, 2.75) is 20.8 Å². The van der Waals surface area contributed by atoms with E-state index >= 15 is 0 Å². The van der Waals surface area contributed by atoms with Crippen LogP contribution in [0.1, 0.15) is 27.2 Å². The van der Waals surface area contributed by atoms with Crippen molar-refractivity contribution in [3.8, 4) is 11.3 Å². The van der Waals surface area contributed by atoms with Gasteiger partial charge < -0.3 is 5.32 Å². The van der Waals surface area contributed by atoms with Crippen molar-refractivity contribution in [1.82, 2.24) is 9.97 Å². The van der Waals surface area contributed by atoms with Gasteiger partial charge in [-0.25, -0.2) is 9.97 Å². The molecule has 0 radical (unpaired) electrons. The first-order valence-electron chi connectivity index (χ1n) is 9.24. The summed E-state index contributed by atoms with van der Waals surface area (Å²) in [5.41, 5.74) is 6.39. The highest BCUT2D eigenvalue weighted by Crippen LogP contribution is 2.28. The van der Waals surface area contributed by atoms with Gasteiger partial charge in [-0.3, -0.25) is 4.79 Å². The van der Waals surface area contributed by atoms with Crippen LogP contribution in [0.2, 0.25) is 0 Å². The van der Waals surface area contributed by atoms with Gasteiger partial charge in [-0.1, -0.05) is 48.0 Å². The molecule has 1 N–H and O–H groups in total. The zero-order valence-corrected chi connectivity index (χ0v) is 16.2. The number of carbonyl (C=O) groups excluding carboxylic acids is 1. The number of nitrogens with one attached hydrogen (secondary N) is 1. The van der Waals surface area contributed by atoms with E-state index < -0.39 is 0 Å². The van der Waals surface area contributed by atoms with Crippen LogP contribution < -0.4 is 5.32 Å². The minimum absolute atomic E-state index is 0.192. The average molecular weight is 367 g/mol. The van der Waals surface area contributed by atoms with E-state index in [1.54, 1.807) is 6.07 Å². The van der Waals surface area contributed by atoms with Gasteiger partial charge >= 0.3 is 0 Å². The topological polar surface area (TPSA) is 54.9 Å². The predicted octanol–water partition coefficient (Wildman–Crippen LogP) is 5.47. The first-order chi connectivity index (χ1) is 13.5. The molecule has 0 aliphatic rings. The maximum Gasteiger partial charge on any atom is 0.257 e. The third-order valence-corrected chi connectivity index (χ3v) is 4.75. The molecule has 0 aliphatic heterocycles. The van der Waals surface area contributed by atoms with Crippen molar-refractivity contribution < 1.29 is 4.79 Å². The van der Waals surface area contributed by atoms with E-state index in [4.69, 9.17) is 4.98 Å². The molecule has 0 spiro atoms. The fraction of sp³-hybridized carbons (Fsp3) is 0.125. The molecule has 2 aromatic carbocycles. The molecule has 4 rings (SSSR count). The van der Waals surface area contributed by atoms with Crippen molar-refractivity contribution >= 4 is 22.6 Å². The Balaban J connectivity index is 1.83. The summed E-state index contributed by atoms with van der Waals surface area (Å²) in [5, 5.41) is 3.74. The first kappa shape index (κ1) is 17.9. The Kier molecular flexibility index (Phi) is 4.62. The first-order valence-corrected chi connectivity index (χ1v) is 9.24. The Bertz CT molecular complexity index is 1200. The molecule has 0 saturated carbocycles. The number of hydrogen-bond donors (Lipinski definition) is 1. The van der Waals surface area contributed by atoms with E-state index in [-0.39, 0.29) is 5.91 Å². The predicted molar refractivity (Wildman–Crippen MR) is 114 cm³/mol. The Labute approximate surface area is 164 Å². The minimum atomic E-state index is -0.192. The molecule has 4 nitrogen and oxygen atoms in total. The maximum absolute atomic E-state index is 13.1. The summed E-state index contributed by atoms with van der Waals surface area (Å²) in [5.74, 6) is 0.349. The van der Waals surface area contributed by atoms with E-state index in [0.717, 1.165) is 33.4 Å². The fourth-order valence-electron chi connectivity index (χ4n) is 3.40.